The topological polar surface area (TPSA) is 33.2 Å². The van der Waals surface area contributed by atoms with Crippen molar-refractivity contribution in [2.75, 3.05) is 7.05 Å². The van der Waals surface area contributed by atoms with Crippen LogP contribution in [0.5, 0.6) is 0 Å². The molecular weight excluding hydrogens is 331 g/mol. The average Bonchev–Trinajstić information content (AvgIpc) is 2.77. The highest BCUT2D eigenvalue weighted by atomic mass is 79.9. The maximum absolute atomic E-state index is 13.6. The van der Waals surface area contributed by atoms with Crippen LogP contribution < -0.4 is 0 Å². The van der Waals surface area contributed by atoms with E-state index >= 15 is 0 Å². The van der Waals surface area contributed by atoms with Crippen LogP contribution in [0.15, 0.2) is 28.9 Å². The second kappa shape index (κ2) is 5.79. The van der Waals surface area contributed by atoms with E-state index < -0.39 is 5.82 Å². The first-order valence-electron chi connectivity index (χ1n) is 5.59. The Bertz CT molecular complexity index is 614. The molecule has 100 valence electrons. The first kappa shape index (κ1) is 14.1. The molecule has 1 heterocycles. The molecule has 2 aromatic rings. The normalized spacial score (nSPS) is 10.5. The Morgan fingerprint density at radius 3 is 2.89 bits per heavy atom. The largest absolute Gasteiger partial charge is 0.336 e. The quantitative estimate of drug-likeness (QED) is 0.853. The Labute approximate surface area is 123 Å². The van der Waals surface area contributed by atoms with E-state index in [1.165, 1.54) is 28.4 Å². The van der Waals surface area contributed by atoms with Crippen molar-refractivity contribution in [3.05, 3.63) is 50.1 Å². The zero-order chi connectivity index (χ0) is 14.0. The summed E-state index contributed by atoms with van der Waals surface area (Å²) >= 11 is 4.77. The zero-order valence-electron chi connectivity index (χ0n) is 10.5. The molecule has 0 aliphatic rings. The average molecular weight is 343 g/mol. The smallest absolute Gasteiger partial charge is 0.256 e. The van der Waals surface area contributed by atoms with E-state index in [0.717, 1.165) is 9.88 Å². The van der Waals surface area contributed by atoms with E-state index in [4.69, 9.17) is 0 Å². The fourth-order valence-electron chi connectivity index (χ4n) is 1.65. The molecule has 0 aliphatic carbocycles. The lowest BCUT2D eigenvalue weighted by Crippen LogP contribution is -2.26. The Morgan fingerprint density at radius 1 is 1.53 bits per heavy atom. The number of hydrogen-bond donors (Lipinski definition) is 0. The number of carbonyl (C=O) groups excluding carboxylic acids is 1. The molecule has 19 heavy (non-hydrogen) atoms. The molecule has 0 unspecified atom stereocenters. The summed E-state index contributed by atoms with van der Waals surface area (Å²) < 4.78 is 14.3. The number of halogens is 2. The molecule has 0 aliphatic heterocycles. The van der Waals surface area contributed by atoms with E-state index in [-0.39, 0.29) is 11.5 Å². The van der Waals surface area contributed by atoms with E-state index in [2.05, 4.69) is 20.9 Å². The fourth-order valence-corrected chi connectivity index (χ4v) is 2.86. The van der Waals surface area contributed by atoms with Gasteiger partial charge in [-0.2, -0.15) is 0 Å². The molecule has 0 bridgehead atoms. The molecule has 1 aromatic carbocycles. The van der Waals surface area contributed by atoms with Gasteiger partial charge in [0.2, 0.25) is 0 Å². The highest BCUT2D eigenvalue weighted by Crippen LogP contribution is 2.19. The molecule has 2 rings (SSSR count). The van der Waals surface area contributed by atoms with E-state index in [0.29, 0.717) is 11.0 Å². The summed E-state index contributed by atoms with van der Waals surface area (Å²) in [5, 5.41) is 0.949. The van der Waals surface area contributed by atoms with Crippen LogP contribution in [-0.2, 0) is 6.54 Å². The van der Waals surface area contributed by atoms with Gasteiger partial charge in [-0.1, -0.05) is 15.9 Å². The minimum atomic E-state index is -0.513. The lowest BCUT2D eigenvalue weighted by molar-refractivity contribution is 0.0781. The van der Waals surface area contributed by atoms with Gasteiger partial charge in [0.15, 0.2) is 0 Å². The Balaban J connectivity index is 2.16. The third-order valence-corrected chi connectivity index (χ3v) is 3.96. The minimum absolute atomic E-state index is 0.0677. The molecule has 0 spiro atoms. The van der Waals surface area contributed by atoms with Gasteiger partial charge < -0.3 is 4.90 Å². The number of rotatable bonds is 3. The van der Waals surface area contributed by atoms with Crippen LogP contribution in [0.4, 0.5) is 4.39 Å². The molecule has 1 amide bonds. The molecule has 0 fully saturated rings. The fraction of sp³-hybridized carbons (Fsp3) is 0.231. The van der Waals surface area contributed by atoms with Crippen molar-refractivity contribution in [2.45, 2.75) is 13.5 Å². The van der Waals surface area contributed by atoms with Gasteiger partial charge in [-0.15, -0.1) is 11.3 Å². The maximum Gasteiger partial charge on any atom is 0.256 e. The SMILES string of the molecule is Cc1ncc(CN(C)C(=O)c2cc(Br)ccc2F)s1. The summed E-state index contributed by atoms with van der Waals surface area (Å²) in [6, 6.07) is 4.34. The second-order valence-electron chi connectivity index (χ2n) is 4.13. The van der Waals surface area contributed by atoms with Crippen molar-refractivity contribution in [3.8, 4) is 0 Å². The molecule has 3 nitrogen and oxygen atoms in total. The Kier molecular flexibility index (Phi) is 4.31. The Morgan fingerprint density at radius 2 is 2.26 bits per heavy atom. The zero-order valence-corrected chi connectivity index (χ0v) is 12.9. The number of aromatic nitrogens is 1. The van der Waals surface area contributed by atoms with Crippen molar-refractivity contribution in [1.82, 2.24) is 9.88 Å². The van der Waals surface area contributed by atoms with Crippen LogP contribution >= 0.6 is 27.3 Å². The predicted molar refractivity (Wildman–Crippen MR) is 76.7 cm³/mol. The Hall–Kier alpha value is -1.27. The van der Waals surface area contributed by atoms with Gasteiger partial charge in [-0.25, -0.2) is 9.37 Å². The van der Waals surface area contributed by atoms with E-state index in [9.17, 15) is 9.18 Å². The molecular formula is C13H12BrFN2OS. The third-order valence-electron chi connectivity index (χ3n) is 2.57. The highest BCUT2D eigenvalue weighted by Gasteiger charge is 2.17. The number of hydrogen-bond acceptors (Lipinski definition) is 3. The number of thiazole rings is 1. The summed E-state index contributed by atoms with van der Waals surface area (Å²) in [7, 11) is 1.65. The molecule has 0 N–H and O–H groups in total. The van der Waals surface area contributed by atoms with Crippen molar-refractivity contribution in [2.24, 2.45) is 0 Å². The van der Waals surface area contributed by atoms with Crippen LogP contribution in [0.25, 0.3) is 0 Å². The predicted octanol–water partition coefficient (Wildman–Crippen LogP) is 3.63. The summed E-state index contributed by atoms with van der Waals surface area (Å²) in [6.07, 6.45) is 1.74. The first-order valence-corrected chi connectivity index (χ1v) is 7.20. The second-order valence-corrected chi connectivity index (χ2v) is 6.37. The molecule has 6 heteroatoms. The number of aryl methyl sites for hydroxylation is 1. The molecule has 1 aromatic heterocycles. The lowest BCUT2D eigenvalue weighted by atomic mass is 10.2. The molecule has 0 saturated carbocycles. The van der Waals surface area contributed by atoms with Gasteiger partial charge >= 0.3 is 0 Å². The van der Waals surface area contributed by atoms with Gasteiger partial charge in [-0.05, 0) is 25.1 Å². The monoisotopic (exact) mass is 342 g/mol. The minimum Gasteiger partial charge on any atom is -0.336 e. The summed E-state index contributed by atoms with van der Waals surface area (Å²) in [5.41, 5.74) is 0.0677. The summed E-state index contributed by atoms with van der Waals surface area (Å²) in [5.74, 6) is -0.856. The van der Waals surface area contributed by atoms with Crippen molar-refractivity contribution in [1.29, 1.82) is 0 Å². The standard InChI is InChI=1S/C13H12BrFN2OS/c1-8-16-6-10(19-8)7-17(2)13(18)11-5-9(14)3-4-12(11)15/h3-6H,7H2,1-2H3. The van der Waals surface area contributed by atoms with Gasteiger partial charge in [0.1, 0.15) is 5.82 Å². The van der Waals surface area contributed by atoms with Crippen LogP contribution in [0.3, 0.4) is 0 Å². The van der Waals surface area contributed by atoms with Gasteiger partial charge in [-0.3, -0.25) is 4.79 Å². The van der Waals surface area contributed by atoms with Crippen molar-refractivity contribution < 1.29 is 9.18 Å². The first-order chi connectivity index (χ1) is 8.97. The van der Waals surface area contributed by atoms with Crippen LogP contribution in [0.2, 0.25) is 0 Å². The molecule has 0 radical (unpaired) electrons. The maximum atomic E-state index is 13.6. The molecule has 0 saturated heterocycles. The van der Waals surface area contributed by atoms with Crippen molar-refractivity contribution in [3.63, 3.8) is 0 Å². The highest BCUT2D eigenvalue weighted by molar-refractivity contribution is 9.10. The van der Waals surface area contributed by atoms with Crippen LogP contribution in [0, 0.1) is 12.7 Å². The van der Waals surface area contributed by atoms with Crippen LogP contribution in [-0.4, -0.2) is 22.8 Å². The number of benzene rings is 1. The number of carbonyl (C=O) groups is 1. The number of amides is 1. The van der Waals surface area contributed by atoms with Gasteiger partial charge in [0.25, 0.3) is 5.91 Å². The summed E-state index contributed by atoms with van der Waals surface area (Å²) in [6.45, 7) is 2.33. The molecule has 0 atom stereocenters. The van der Waals surface area contributed by atoms with Gasteiger partial charge in [0.05, 0.1) is 17.1 Å². The number of nitrogens with zero attached hydrogens (tertiary/aromatic N) is 2. The van der Waals surface area contributed by atoms with E-state index in [1.807, 2.05) is 6.92 Å². The summed E-state index contributed by atoms with van der Waals surface area (Å²) in [4.78, 5) is 18.8. The van der Waals surface area contributed by atoms with Gasteiger partial charge in [0, 0.05) is 22.6 Å². The third kappa shape index (κ3) is 3.39. The lowest BCUT2D eigenvalue weighted by Gasteiger charge is -2.16. The van der Waals surface area contributed by atoms with Crippen molar-refractivity contribution >= 4 is 33.2 Å². The van der Waals surface area contributed by atoms with E-state index in [1.54, 1.807) is 19.3 Å². The van der Waals surface area contributed by atoms with Crippen LogP contribution in [0.1, 0.15) is 20.2 Å².